The third-order valence-corrected chi connectivity index (χ3v) is 4.24. The number of anilines is 1. The van der Waals surface area contributed by atoms with Crippen molar-refractivity contribution in [3.63, 3.8) is 0 Å². The minimum Gasteiger partial charge on any atom is -0.383 e. The third-order valence-electron chi connectivity index (χ3n) is 2.45. The van der Waals surface area contributed by atoms with E-state index in [0.717, 1.165) is 0 Å². The van der Waals surface area contributed by atoms with Crippen LogP contribution in [-0.4, -0.2) is 19.9 Å². The molecule has 7 nitrogen and oxygen atoms in total. The molecule has 0 aliphatic rings. The maximum absolute atomic E-state index is 11.8. The number of aromatic nitrogens is 4. The molecular weight excluding hydrogens is 298 g/mol. The molecule has 0 saturated heterocycles. The molecule has 0 bridgehead atoms. The molecule has 0 unspecified atom stereocenters. The second-order valence-corrected chi connectivity index (χ2v) is 5.79. The normalized spacial score (nSPS) is 11.0. The first-order valence-electron chi connectivity index (χ1n) is 5.58. The van der Waals surface area contributed by atoms with Crippen LogP contribution < -0.4 is 16.9 Å². The Hall–Kier alpha value is -2.13. The highest BCUT2D eigenvalue weighted by Crippen LogP contribution is 2.18. The van der Waals surface area contributed by atoms with Crippen LogP contribution in [0.25, 0.3) is 10.2 Å². The predicted molar refractivity (Wildman–Crippen MR) is 79.1 cm³/mol. The average Bonchev–Trinajstić information content (AvgIpc) is 2.84. The van der Waals surface area contributed by atoms with E-state index in [-0.39, 0.29) is 16.9 Å². The fourth-order valence-corrected chi connectivity index (χ4v) is 3.13. The molecule has 9 heteroatoms. The van der Waals surface area contributed by atoms with Crippen molar-refractivity contribution in [2.75, 3.05) is 5.73 Å². The summed E-state index contributed by atoms with van der Waals surface area (Å²) < 4.78 is 0.606. The molecule has 0 saturated carbocycles. The van der Waals surface area contributed by atoms with E-state index in [2.05, 4.69) is 19.9 Å². The molecule has 3 aromatic heterocycles. The summed E-state index contributed by atoms with van der Waals surface area (Å²) in [5.41, 5.74) is 5.70. The van der Waals surface area contributed by atoms with Crippen molar-refractivity contribution in [3.05, 3.63) is 44.0 Å². The number of rotatable bonds is 3. The molecule has 0 aliphatic heterocycles. The predicted octanol–water partition coefficient (Wildman–Crippen LogP) is 0.942. The molecule has 102 valence electrons. The smallest absolute Gasteiger partial charge is 0.268 e. The van der Waals surface area contributed by atoms with Gasteiger partial charge in [-0.2, -0.15) is 0 Å². The zero-order valence-electron chi connectivity index (χ0n) is 10.0. The van der Waals surface area contributed by atoms with Crippen molar-refractivity contribution in [3.8, 4) is 0 Å². The van der Waals surface area contributed by atoms with E-state index < -0.39 is 0 Å². The Bertz CT molecular complexity index is 882. The van der Waals surface area contributed by atoms with Crippen LogP contribution in [0, 0.1) is 0 Å². The lowest BCUT2D eigenvalue weighted by Gasteiger charge is -2.01. The summed E-state index contributed by atoms with van der Waals surface area (Å²) in [5, 5.41) is 2.21. The molecule has 0 amide bonds. The van der Waals surface area contributed by atoms with Gasteiger partial charge in [0.25, 0.3) is 11.1 Å². The van der Waals surface area contributed by atoms with Gasteiger partial charge in [0, 0.05) is 6.07 Å². The largest absolute Gasteiger partial charge is 0.383 e. The zero-order valence-corrected chi connectivity index (χ0v) is 11.7. The van der Waals surface area contributed by atoms with Crippen LogP contribution in [0.5, 0.6) is 0 Å². The van der Waals surface area contributed by atoms with Gasteiger partial charge in [-0.1, -0.05) is 11.8 Å². The number of nitrogen functional groups attached to an aromatic ring is 1. The van der Waals surface area contributed by atoms with Crippen molar-refractivity contribution in [2.45, 2.75) is 10.9 Å². The summed E-state index contributed by atoms with van der Waals surface area (Å²) in [6, 6.07) is 3.01. The number of nitrogens with two attached hydrogens (primary N) is 1. The first-order valence-corrected chi connectivity index (χ1v) is 7.44. The van der Waals surface area contributed by atoms with Crippen molar-refractivity contribution < 1.29 is 0 Å². The van der Waals surface area contributed by atoms with Crippen LogP contribution in [-0.2, 0) is 5.75 Å². The molecule has 0 spiro atoms. The fourth-order valence-electron chi connectivity index (χ4n) is 1.65. The van der Waals surface area contributed by atoms with Crippen LogP contribution in [0.3, 0.4) is 0 Å². The third kappa shape index (κ3) is 2.58. The van der Waals surface area contributed by atoms with Crippen LogP contribution in [0.4, 0.5) is 5.82 Å². The number of H-pyrrole nitrogens is 2. The lowest BCUT2D eigenvalue weighted by Crippen LogP contribution is -2.11. The van der Waals surface area contributed by atoms with E-state index in [1.807, 2.05) is 5.38 Å². The second-order valence-electron chi connectivity index (χ2n) is 3.91. The molecular formula is C11H9N5O2S2. The van der Waals surface area contributed by atoms with Crippen LogP contribution >= 0.6 is 23.1 Å². The van der Waals surface area contributed by atoms with Gasteiger partial charge in [0.1, 0.15) is 16.3 Å². The van der Waals surface area contributed by atoms with E-state index >= 15 is 0 Å². The minimum absolute atomic E-state index is 0.158. The number of fused-ring (bicyclic) bond motifs is 1. The summed E-state index contributed by atoms with van der Waals surface area (Å²) in [6.07, 6.45) is 0. The van der Waals surface area contributed by atoms with Gasteiger partial charge in [-0.05, 0) is 11.4 Å². The molecule has 3 aromatic rings. The van der Waals surface area contributed by atoms with Gasteiger partial charge in [0.15, 0.2) is 5.16 Å². The number of hydrogen-bond donors (Lipinski definition) is 3. The van der Waals surface area contributed by atoms with E-state index in [9.17, 15) is 9.59 Å². The standard InChI is InChI=1S/C11H9N5O2S2/c12-6-3-8(17)16-11(14-6)20-4-7-13-5-1-2-19-9(5)10(18)15-7/h1-3H,4H2,(H,13,15,18)(H3,12,14,16,17). The molecule has 0 fully saturated rings. The summed E-state index contributed by atoms with van der Waals surface area (Å²) in [4.78, 5) is 36.6. The van der Waals surface area contributed by atoms with Crippen molar-refractivity contribution in [1.29, 1.82) is 0 Å². The molecule has 0 aliphatic carbocycles. The maximum atomic E-state index is 11.8. The first-order chi connectivity index (χ1) is 9.61. The quantitative estimate of drug-likeness (QED) is 0.489. The van der Waals surface area contributed by atoms with Crippen LogP contribution in [0.2, 0.25) is 0 Å². The average molecular weight is 307 g/mol. The van der Waals surface area contributed by atoms with Gasteiger partial charge in [-0.15, -0.1) is 11.3 Å². The zero-order chi connectivity index (χ0) is 14.1. The van der Waals surface area contributed by atoms with Gasteiger partial charge in [-0.3, -0.25) is 9.59 Å². The van der Waals surface area contributed by atoms with E-state index in [4.69, 9.17) is 5.73 Å². The molecule has 0 atom stereocenters. The number of hydrogen-bond acceptors (Lipinski definition) is 7. The van der Waals surface area contributed by atoms with Gasteiger partial charge in [0.2, 0.25) is 0 Å². The summed E-state index contributed by atoms with van der Waals surface area (Å²) in [6.45, 7) is 0. The number of thiophene rings is 1. The van der Waals surface area contributed by atoms with Gasteiger partial charge in [-0.25, -0.2) is 9.97 Å². The second kappa shape index (κ2) is 5.10. The van der Waals surface area contributed by atoms with E-state index in [1.54, 1.807) is 6.07 Å². The number of nitrogens with one attached hydrogen (secondary N) is 2. The van der Waals surface area contributed by atoms with Gasteiger partial charge >= 0.3 is 0 Å². The molecule has 3 heterocycles. The van der Waals surface area contributed by atoms with E-state index in [0.29, 0.717) is 27.0 Å². The number of aromatic amines is 2. The number of thioether (sulfide) groups is 1. The lowest BCUT2D eigenvalue weighted by atomic mass is 10.4. The Balaban J connectivity index is 1.86. The molecule has 0 radical (unpaired) electrons. The van der Waals surface area contributed by atoms with Crippen molar-refractivity contribution in [1.82, 2.24) is 19.9 Å². The van der Waals surface area contributed by atoms with E-state index in [1.165, 1.54) is 29.2 Å². The SMILES string of the molecule is Nc1cc(=O)[nH]c(SCc2nc3ccsc3c(=O)[nH]2)n1. The van der Waals surface area contributed by atoms with Crippen LogP contribution in [0.15, 0.2) is 32.3 Å². The highest BCUT2D eigenvalue weighted by Gasteiger charge is 2.06. The Morgan fingerprint density at radius 1 is 1.30 bits per heavy atom. The fraction of sp³-hybridized carbons (Fsp3) is 0.0909. The van der Waals surface area contributed by atoms with Crippen LogP contribution in [0.1, 0.15) is 5.82 Å². The first kappa shape index (κ1) is 12.9. The Morgan fingerprint density at radius 3 is 2.95 bits per heavy atom. The molecule has 0 aromatic carbocycles. The molecule has 3 rings (SSSR count). The Labute approximate surface area is 120 Å². The number of nitrogens with zero attached hydrogens (tertiary/aromatic N) is 2. The summed E-state index contributed by atoms with van der Waals surface area (Å²) in [7, 11) is 0. The highest BCUT2D eigenvalue weighted by atomic mass is 32.2. The Morgan fingerprint density at radius 2 is 2.15 bits per heavy atom. The monoisotopic (exact) mass is 307 g/mol. The summed E-state index contributed by atoms with van der Waals surface area (Å²) >= 11 is 2.60. The van der Waals surface area contributed by atoms with Crippen molar-refractivity contribution in [2.24, 2.45) is 0 Å². The lowest BCUT2D eigenvalue weighted by molar-refractivity contribution is 0.939. The topological polar surface area (TPSA) is 118 Å². The molecule has 20 heavy (non-hydrogen) atoms. The highest BCUT2D eigenvalue weighted by molar-refractivity contribution is 7.98. The maximum Gasteiger partial charge on any atom is 0.268 e. The molecule has 4 N–H and O–H groups in total. The minimum atomic E-state index is -0.310. The van der Waals surface area contributed by atoms with Crippen molar-refractivity contribution >= 4 is 39.1 Å². The Kier molecular flexibility index (Phi) is 3.28. The van der Waals surface area contributed by atoms with Gasteiger partial charge in [0.05, 0.1) is 11.3 Å². The summed E-state index contributed by atoms with van der Waals surface area (Å²) in [5.74, 6) is 1.06. The van der Waals surface area contributed by atoms with Gasteiger partial charge < -0.3 is 15.7 Å².